The van der Waals surface area contributed by atoms with Crippen LogP contribution in [-0.4, -0.2) is 35.2 Å². The number of aliphatic hydroxyl groups excluding tert-OH is 1. The molecule has 86 valence electrons. The van der Waals surface area contributed by atoms with Crippen LogP contribution in [-0.2, 0) is 0 Å². The SMILES string of the molecule is CC[C@@]12CCCN3CC[C@@H]([C@H](O)CC1)[C@H]32. The molecule has 3 rings (SSSR count). The summed E-state index contributed by atoms with van der Waals surface area (Å²) in [5.41, 5.74) is 0.568. The maximum atomic E-state index is 10.1. The van der Waals surface area contributed by atoms with Crippen molar-refractivity contribution in [2.24, 2.45) is 11.3 Å². The van der Waals surface area contributed by atoms with Gasteiger partial charge in [-0.2, -0.15) is 0 Å². The Bertz CT molecular complexity index is 255. The van der Waals surface area contributed by atoms with Gasteiger partial charge in [0.05, 0.1) is 6.10 Å². The van der Waals surface area contributed by atoms with Crippen LogP contribution in [0.25, 0.3) is 0 Å². The van der Waals surface area contributed by atoms with Gasteiger partial charge in [-0.3, -0.25) is 4.90 Å². The number of nitrogens with zero attached hydrogens (tertiary/aromatic N) is 1. The molecule has 0 amide bonds. The molecule has 1 N–H and O–H groups in total. The number of piperidine rings is 1. The van der Waals surface area contributed by atoms with Gasteiger partial charge in [0, 0.05) is 12.0 Å². The second kappa shape index (κ2) is 3.46. The lowest BCUT2D eigenvalue weighted by Gasteiger charge is -2.53. The zero-order valence-corrected chi connectivity index (χ0v) is 9.78. The molecule has 0 radical (unpaired) electrons. The molecule has 0 aromatic rings. The normalized spacial score (nSPS) is 50.4. The van der Waals surface area contributed by atoms with Crippen LogP contribution in [0.2, 0.25) is 0 Å². The van der Waals surface area contributed by atoms with Crippen molar-refractivity contribution in [2.75, 3.05) is 13.1 Å². The van der Waals surface area contributed by atoms with Crippen molar-refractivity contribution >= 4 is 0 Å². The van der Waals surface area contributed by atoms with Crippen molar-refractivity contribution < 1.29 is 5.11 Å². The Morgan fingerprint density at radius 1 is 1.27 bits per heavy atom. The molecule has 1 aliphatic carbocycles. The Labute approximate surface area is 92.7 Å². The molecule has 2 nitrogen and oxygen atoms in total. The van der Waals surface area contributed by atoms with E-state index in [0.717, 1.165) is 12.5 Å². The standard InChI is InChI=1S/C13H23NO/c1-2-13-6-3-8-14-9-5-10(12(13)14)11(15)4-7-13/h10-12,15H,2-9H2,1H3/t10-,11+,12-,13+/m0/s1. The fourth-order valence-electron chi connectivity index (χ4n) is 4.64. The lowest BCUT2D eigenvalue weighted by atomic mass is 9.60. The van der Waals surface area contributed by atoms with E-state index in [9.17, 15) is 5.11 Å². The van der Waals surface area contributed by atoms with Gasteiger partial charge in [0.1, 0.15) is 0 Å². The molecule has 0 bridgehead atoms. The van der Waals surface area contributed by atoms with Crippen molar-refractivity contribution in [3.05, 3.63) is 0 Å². The first-order valence-electron chi connectivity index (χ1n) is 6.69. The molecule has 0 aromatic carbocycles. The highest BCUT2D eigenvalue weighted by molar-refractivity contribution is 5.07. The van der Waals surface area contributed by atoms with E-state index < -0.39 is 0 Å². The van der Waals surface area contributed by atoms with E-state index in [2.05, 4.69) is 11.8 Å². The van der Waals surface area contributed by atoms with E-state index in [1.54, 1.807) is 0 Å². The van der Waals surface area contributed by atoms with Crippen LogP contribution in [0.1, 0.15) is 45.4 Å². The van der Waals surface area contributed by atoms with Gasteiger partial charge in [0.15, 0.2) is 0 Å². The molecule has 0 spiro atoms. The molecule has 3 aliphatic rings. The van der Waals surface area contributed by atoms with Gasteiger partial charge in [-0.15, -0.1) is 0 Å². The maximum absolute atomic E-state index is 10.1. The zero-order valence-electron chi connectivity index (χ0n) is 9.78. The third kappa shape index (κ3) is 1.31. The van der Waals surface area contributed by atoms with Gasteiger partial charge in [-0.1, -0.05) is 6.92 Å². The first kappa shape index (κ1) is 10.1. The minimum Gasteiger partial charge on any atom is -0.393 e. The quantitative estimate of drug-likeness (QED) is 0.714. The Morgan fingerprint density at radius 2 is 2.13 bits per heavy atom. The molecule has 3 fully saturated rings. The van der Waals surface area contributed by atoms with Gasteiger partial charge in [-0.05, 0) is 57.0 Å². The van der Waals surface area contributed by atoms with Gasteiger partial charge in [-0.25, -0.2) is 0 Å². The number of rotatable bonds is 1. The highest BCUT2D eigenvalue weighted by atomic mass is 16.3. The summed E-state index contributed by atoms with van der Waals surface area (Å²) in [5.74, 6) is 0.596. The van der Waals surface area contributed by atoms with Crippen molar-refractivity contribution in [1.29, 1.82) is 0 Å². The smallest absolute Gasteiger partial charge is 0.0584 e. The van der Waals surface area contributed by atoms with Crippen LogP contribution >= 0.6 is 0 Å². The lowest BCUT2D eigenvalue weighted by Crippen LogP contribution is -2.56. The molecular weight excluding hydrogens is 186 g/mol. The number of aliphatic hydroxyl groups is 1. The van der Waals surface area contributed by atoms with E-state index in [0.29, 0.717) is 11.3 Å². The average molecular weight is 209 g/mol. The predicted molar refractivity (Wildman–Crippen MR) is 60.7 cm³/mol. The van der Waals surface area contributed by atoms with E-state index in [4.69, 9.17) is 0 Å². The molecule has 4 atom stereocenters. The van der Waals surface area contributed by atoms with Crippen LogP contribution in [0, 0.1) is 11.3 Å². The highest BCUT2D eigenvalue weighted by Gasteiger charge is 2.54. The largest absolute Gasteiger partial charge is 0.393 e. The number of hydrogen-bond acceptors (Lipinski definition) is 2. The molecule has 2 aliphatic heterocycles. The summed E-state index contributed by atoms with van der Waals surface area (Å²) in [5, 5.41) is 10.1. The second-order valence-electron chi connectivity index (χ2n) is 5.86. The molecule has 2 saturated heterocycles. The lowest BCUT2D eigenvalue weighted by molar-refractivity contribution is -0.0677. The van der Waals surface area contributed by atoms with E-state index in [-0.39, 0.29) is 6.10 Å². The van der Waals surface area contributed by atoms with Crippen LogP contribution < -0.4 is 0 Å². The summed E-state index contributed by atoms with van der Waals surface area (Å²) in [6.07, 6.45) is 7.68. The second-order valence-corrected chi connectivity index (χ2v) is 5.86. The third-order valence-electron chi connectivity index (χ3n) is 5.43. The van der Waals surface area contributed by atoms with Crippen LogP contribution in [0.3, 0.4) is 0 Å². The fraction of sp³-hybridized carbons (Fsp3) is 1.00. The van der Waals surface area contributed by atoms with Crippen LogP contribution in [0.4, 0.5) is 0 Å². The molecule has 0 aromatic heterocycles. The van der Waals surface area contributed by atoms with E-state index in [1.165, 1.54) is 45.2 Å². The monoisotopic (exact) mass is 209 g/mol. The summed E-state index contributed by atoms with van der Waals surface area (Å²) in [4.78, 5) is 2.68. The minimum absolute atomic E-state index is 0.00206. The Balaban J connectivity index is 1.94. The Morgan fingerprint density at radius 3 is 2.93 bits per heavy atom. The zero-order chi connectivity index (χ0) is 10.5. The van der Waals surface area contributed by atoms with Gasteiger partial charge < -0.3 is 5.11 Å². The summed E-state index contributed by atoms with van der Waals surface area (Å²) < 4.78 is 0. The van der Waals surface area contributed by atoms with Gasteiger partial charge >= 0.3 is 0 Å². The fourth-order valence-corrected chi connectivity index (χ4v) is 4.64. The van der Waals surface area contributed by atoms with Gasteiger partial charge in [0.25, 0.3) is 0 Å². The predicted octanol–water partition coefficient (Wildman–Crippen LogP) is 2.02. The highest BCUT2D eigenvalue weighted by Crippen LogP contribution is 2.53. The minimum atomic E-state index is -0.00206. The first-order valence-corrected chi connectivity index (χ1v) is 6.69. The molecule has 2 heteroatoms. The Kier molecular flexibility index (Phi) is 2.33. The maximum Gasteiger partial charge on any atom is 0.0584 e. The summed E-state index contributed by atoms with van der Waals surface area (Å²) in [6.45, 7) is 4.89. The first-order chi connectivity index (χ1) is 7.27. The van der Waals surface area contributed by atoms with Crippen molar-refractivity contribution in [2.45, 2.75) is 57.6 Å². The summed E-state index contributed by atoms with van der Waals surface area (Å²) >= 11 is 0. The van der Waals surface area contributed by atoms with E-state index in [1.807, 2.05) is 0 Å². The topological polar surface area (TPSA) is 23.5 Å². The molecule has 2 heterocycles. The van der Waals surface area contributed by atoms with E-state index >= 15 is 0 Å². The van der Waals surface area contributed by atoms with Crippen molar-refractivity contribution in [1.82, 2.24) is 4.90 Å². The van der Waals surface area contributed by atoms with Crippen molar-refractivity contribution in [3.63, 3.8) is 0 Å². The third-order valence-corrected chi connectivity index (χ3v) is 5.43. The molecule has 0 unspecified atom stereocenters. The molecular formula is C13H23NO. The van der Waals surface area contributed by atoms with Crippen LogP contribution in [0.5, 0.6) is 0 Å². The molecule has 1 saturated carbocycles. The Hall–Kier alpha value is -0.0800. The van der Waals surface area contributed by atoms with Gasteiger partial charge in [0.2, 0.25) is 0 Å². The average Bonchev–Trinajstić information content (AvgIpc) is 2.70. The number of hydrogen-bond donors (Lipinski definition) is 1. The van der Waals surface area contributed by atoms with Crippen molar-refractivity contribution in [3.8, 4) is 0 Å². The summed E-state index contributed by atoms with van der Waals surface area (Å²) in [7, 11) is 0. The van der Waals surface area contributed by atoms with Crippen LogP contribution in [0.15, 0.2) is 0 Å². The summed E-state index contributed by atoms with van der Waals surface area (Å²) in [6, 6.07) is 0.722. The molecule has 15 heavy (non-hydrogen) atoms.